The number of pyridine rings is 1. The standard InChI is InChI=1S/C37H31F7N10O4S2/c1-52-29-19(4-3-5-20(29)33(50-52)51-60(2,57)58)21-11-25-34(48-35(59-25)53-12-16(13-53)32(45)56)47-28(21)24(8-15-6-17(38)9-18(39)7-15)46-26(55)14-54-31-27(30(49-54)37(42,43)44)22-10-23(22)36(31,40)41/h3-7,9,11,16,22-24H,8,10,12-14H2,1-2H3,(H2,45,56)(H,46,55)(H,50,51)/t22-,23+,24-/m0/s1. The quantitative estimate of drug-likeness (QED) is 0.145. The number of anilines is 2. The molecule has 4 N–H and O–H groups in total. The molecule has 9 rings (SSSR count). The molecular weight excluding hydrogens is 846 g/mol. The number of benzene rings is 2. The van der Waals surface area contributed by atoms with E-state index in [-0.39, 0.29) is 48.7 Å². The number of alkyl halides is 5. The van der Waals surface area contributed by atoms with Crippen LogP contribution in [-0.4, -0.2) is 69.1 Å². The number of amides is 2. The van der Waals surface area contributed by atoms with E-state index in [1.165, 1.54) is 16.0 Å². The Morgan fingerprint density at radius 2 is 1.77 bits per heavy atom. The number of rotatable bonds is 11. The van der Waals surface area contributed by atoms with Crippen LogP contribution in [-0.2, 0) is 51.7 Å². The molecule has 2 fully saturated rings. The lowest BCUT2D eigenvalue weighted by Crippen LogP contribution is -2.52. The number of aromatic nitrogens is 6. The number of hydrogen-bond donors (Lipinski definition) is 3. The van der Waals surface area contributed by atoms with E-state index in [0.717, 1.165) is 18.4 Å². The van der Waals surface area contributed by atoms with Crippen molar-refractivity contribution in [2.45, 2.75) is 43.4 Å². The number of nitrogens with one attached hydrogen (secondary N) is 2. The second-order valence-electron chi connectivity index (χ2n) is 15.2. The van der Waals surface area contributed by atoms with E-state index < -0.39 is 92.9 Å². The Hall–Kier alpha value is -5.84. The summed E-state index contributed by atoms with van der Waals surface area (Å²) in [6.07, 6.45) is -4.65. The highest BCUT2D eigenvalue weighted by Gasteiger charge is 2.68. The summed E-state index contributed by atoms with van der Waals surface area (Å²) >= 11 is 1.21. The number of hydrogen-bond acceptors (Lipinski definition) is 10. The molecule has 1 aliphatic heterocycles. The van der Waals surface area contributed by atoms with Crippen molar-refractivity contribution >= 4 is 65.4 Å². The summed E-state index contributed by atoms with van der Waals surface area (Å²) in [4.78, 5) is 37.1. The third-order valence-corrected chi connectivity index (χ3v) is 12.5. The maximum Gasteiger partial charge on any atom is 0.435 e. The molecule has 0 spiro atoms. The van der Waals surface area contributed by atoms with Crippen LogP contribution in [0.5, 0.6) is 0 Å². The number of thiazole rings is 1. The zero-order valence-electron chi connectivity index (χ0n) is 31.2. The number of fused-ring (bicyclic) bond motifs is 5. The average Bonchev–Trinajstić information content (AvgIpc) is 3.39. The van der Waals surface area contributed by atoms with Crippen LogP contribution >= 0.6 is 11.3 Å². The number of carbonyl (C=O) groups is 2. The van der Waals surface area contributed by atoms with Crippen molar-refractivity contribution in [1.82, 2.24) is 34.8 Å². The Bertz CT molecular complexity index is 2890. The van der Waals surface area contributed by atoms with Gasteiger partial charge in [0.05, 0.1) is 34.1 Å². The van der Waals surface area contributed by atoms with Crippen molar-refractivity contribution in [1.29, 1.82) is 0 Å². The topological polar surface area (TPSA) is 183 Å². The maximum atomic E-state index is 15.4. The molecule has 1 saturated heterocycles. The molecule has 6 aromatic rings. The van der Waals surface area contributed by atoms with Crippen LogP contribution in [0, 0.1) is 23.5 Å². The lowest BCUT2D eigenvalue weighted by atomic mass is 9.94. The Morgan fingerprint density at radius 1 is 1.05 bits per heavy atom. The van der Waals surface area contributed by atoms with Gasteiger partial charge in [-0.25, -0.2) is 22.2 Å². The number of sulfonamides is 1. The lowest BCUT2D eigenvalue weighted by Gasteiger charge is -2.36. The molecule has 2 amide bonds. The number of aryl methyl sites for hydroxylation is 1. The summed E-state index contributed by atoms with van der Waals surface area (Å²) in [5.41, 5.74) is 3.63. The smallest absolute Gasteiger partial charge is 0.369 e. The number of halogens is 7. The second kappa shape index (κ2) is 13.6. The van der Waals surface area contributed by atoms with E-state index in [0.29, 0.717) is 42.6 Å². The van der Waals surface area contributed by atoms with Crippen LogP contribution in [0.3, 0.4) is 0 Å². The molecule has 0 bridgehead atoms. The molecule has 4 aromatic heterocycles. The van der Waals surface area contributed by atoms with Gasteiger partial charge in [0.15, 0.2) is 22.3 Å². The van der Waals surface area contributed by atoms with Gasteiger partial charge in [-0.1, -0.05) is 23.5 Å². The van der Waals surface area contributed by atoms with Crippen molar-refractivity contribution in [3.05, 3.63) is 82.3 Å². The summed E-state index contributed by atoms with van der Waals surface area (Å²) < 4.78 is 132. The summed E-state index contributed by atoms with van der Waals surface area (Å²) in [5, 5.41) is 11.3. The largest absolute Gasteiger partial charge is 0.435 e. The fourth-order valence-corrected chi connectivity index (χ4v) is 9.72. The van der Waals surface area contributed by atoms with Crippen LogP contribution < -0.4 is 20.7 Å². The monoisotopic (exact) mass is 876 g/mol. The molecular formula is C37H31F7N10O4S2. The van der Waals surface area contributed by atoms with E-state index >= 15 is 8.78 Å². The minimum Gasteiger partial charge on any atom is -0.369 e. The van der Waals surface area contributed by atoms with Crippen molar-refractivity contribution < 1.29 is 48.7 Å². The first kappa shape index (κ1) is 39.6. The minimum absolute atomic E-state index is 0.00573. The molecule has 3 atom stereocenters. The fourth-order valence-electron chi connectivity index (χ4n) is 8.25. The van der Waals surface area contributed by atoms with Gasteiger partial charge in [-0.15, -0.1) is 0 Å². The van der Waals surface area contributed by atoms with Gasteiger partial charge in [0, 0.05) is 54.2 Å². The predicted octanol–water partition coefficient (Wildman–Crippen LogP) is 5.34. The Morgan fingerprint density at radius 3 is 2.43 bits per heavy atom. The van der Waals surface area contributed by atoms with Gasteiger partial charge in [-0.3, -0.25) is 23.7 Å². The van der Waals surface area contributed by atoms with Gasteiger partial charge < -0.3 is 16.0 Å². The number of nitrogens with two attached hydrogens (primary N) is 1. The molecule has 14 nitrogen and oxygen atoms in total. The fraction of sp³-hybridized carbons (Fsp3) is 0.351. The van der Waals surface area contributed by atoms with Crippen LogP contribution in [0.1, 0.15) is 46.6 Å². The molecule has 5 heterocycles. The molecule has 60 heavy (non-hydrogen) atoms. The first-order valence-electron chi connectivity index (χ1n) is 18.3. The zero-order valence-corrected chi connectivity index (χ0v) is 32.8. The highest BCUT2D eigenvalue weighted by atomic mass is 32.2. The first-order valence-corrected chi connectivity index (χ1v) is 21.0. The van der Waals surface area contributed by atoms with Gasteiger partial charge in [0.1, 0.15) is 23.9 Å². The van der Waals surface area contributed by atoms with Crippen molar-refractivity contribution in [3.8, 4) is 11.1 Å². The van der Waals surface area contributed by atoms with Gasteiger partial charge in [-0.05, 0) is 48.6 Å². The number of nitrogens with zero attached hydrogens (tertiary/aromatic N) is 7. The molecule has 0 radical (unpaired) electrons. The molecule has 1 saturated carbocycles. The minimum atomic E-state index is -5.08. The summed E-state index contributed by atoms with van der Waals surface area (Å²) in [6, 6.07) is 7.86. The summed E-state index contributed by atoms with van der Waals surface area (Å²) in [5.74, 6) is -9.96. The van der Waals surface area contributed by atoms with Crippen molar-refractivity contribution in [2.75, 3.05) is 29.0 Å². The maximum absolute atomic E-state index is 15.4. The Kier molecular flexibility index (Phi) is 8.97. The molecule has 2 aromatic carbocycles. The summed E-state index contributed by atoms with van der Waals surface area (Å²) in [6.45, 7) is -0.499. The third-order valence-electron chi connectivity index (χ3n) is 10.9. The Balaban J connectivity index is 1.19. The van der Waals surface area contributed by atoms with Crippen molar-refractivity contribution in [2.24, 2.45) is 24.6 Å². The number of para-hydroxylation sites is 1. The normalized spacial score (nSPS) is 19.0. The van der Waals surface area contributed by atoms with Gasteiger partial charge in [0.25, 0.3) is 5.92 Å². The van der Waals surface area contributed by atoms with E-state index in [1.54, 1.807) is 36.2 Å². The predicted molar refractivity (Wildman–Crippen MR) is 203 cm³/mol. The molecule has 3 aliphatic rings. The van der Waals surface area contributed by atoms with E-state index in [4.69, 9.17) is 10.7 Å². The second-order valence-corrected chi connectivity index (χ2v) is 18.0. The average molecular weight is 877 g/mol. The number of primary amides is 1. The molecule has 0 unspecified atom stereocenters. The SMILES string of the molecule is Cn1nc(NS(C)(=O)=O)c2cccc(-c3cc4sc(N5CC(C(N)=O)C5)nc4nc3[C@H](Cc3cc(F)cc(F)c3)NC(=O)Cn3nc(C(F)(F)F)c4c3C(F)(F)[C@@H]3C[C@H]43)c21. The Labute approximate surface area is 338 Å². The summed E-state index contributed by atoms with van der Waals surface area (Å²) in [7, 11) is -2.24. The van der Waals surface area contributed by atoms with E-state index in [1.807, 2.05) is 0 Å². The van der Waals surface area contributed by atoms with Gasteiger partial charge in [-0.2, -0.15) is 37.1 Å². The van der Waals surface area contributed by atoms with Crippen LogP contribution in [0.2, 0.25) is 0 Å². The molecule has 23 heteroatoms. The van der Waals surface area contributed by atoms with Crippen LogP contribution in [0.4, 0.5) is 41.7 Å². The van der Waals surface area contributed by atoms with Gasteiger partial charge in [0.2, 0.25) is 21.8 Å². The van der Waals surface area contributed by atoms with Crippen molar-refractivity contribution in [3.63, 3.8) is 0 Å². The molecule has 314 valence electrons. The lowest BCUT2D eigenvalue weighted by molar-refractivity contribution is -0.142. The van der Waals surface area contributed by atoms with Crippen LogP contribution in [0.25, 0.3) is 32.4 Å². The molecule has 2 aliphatic carbocycles. The number of carbonyl (C=O) groups excluding carboxylic acids is 2. The van der Waals surface area contributed by atoms with E-state index in [9.17, 15) is 40.0 Å². The van der Waals surface area contributed by atoms with Gasteiger partial charge >= 0.3 is 6.18 Å². The highest BCUT2D eigenvalue weighted by Crippen LogP contribution is 2.68. The highest BCUT2D eigenvalue weighted by molar-refractivity contribution is 7.92. The third kappa shape index (κ3) is 6.85. The first-order chi connectivity index (χ1) is 28.2. The zero-order chi connectivity index (χ0) is 42.8. The van der Waals surface area contributed by atoms with Crippen LogP contribution in [0.15, 0.2) is 42.5 Å². The van der Waals surface area contributed by atoms with E-state index in [2.05, 4.69) is 25.2 Å².